The van der Waals surface area contributed by atoms with Crippen LogP contribution in [0.5, 0.6) is 5.75 Å². The Hall–Kier alpha value is -2.24. The molecule has 0 aliphatic carbocycles. The molecule has 0 fully saturated rings. The van der Waals surface area contributed by atoms with Crippen LogP contribution in [0, 0.1) is 5.82 Å². The number of carbonyl (C=O) groups is 1. The molecule has 0 N–H and O–H groups in total. The van der Waals surface area contributed by atoms with E-state index in [9.17, 15) is 9.18 Å². The predicted molar refractivity (Wildman–Crippen MR) is 56.2 cm³/mol. The highest BCUT2D eigenvalue weighted by molar-refractivity contribution is 5.89. The highest BCUT2D eigenvalue weighted by atomic mass is 19.1. The highest BCUT2D eigenvalue weighted by Crippen LogP contribution is 2.24. The van der Waals surface area contributed by atoms with E-state index in [1.54, 1.807) is 0 Å². The van der Waals surface area contributed by atoms with E-state index < -0.39 is 5.82 Å². The van der Waals surface area contributed by atoms with Gasteiger partial charge in [-0.05, 0) is 18.2 Å². The van der Waals surface area contributed by atoms with Gasteiger partial charge < -0.3 is 9.26 Å². The number of halogens is 1. The fraction of sp³-hybridized carbons (Fsp3) is 0.182. The van der Waals surface area contributed by atoms with Gasteiger partial charge in [-0.2, -0.15) is 4.98 Å². The fourth-order valence-electron chi connectivity index (χ4n) is 1.28. The van der Waals surface area contributed by atoms with Crippen molar-refractivity contribution in [2.24, 2.45) is 0 Å². The molecule has 0 saturated heterocycles. The minimum absolute atomic E-state index is 0.0803. The van der Waals surface area contributed by atoms with Crippen molar-refractivity contribution in [2.45, 2.75) is 6.92 Å². The SMILES string of the molecule is COc1cc(-c2noc(C(C)=O)n2)ccc1F. The summed E-state index contributed by atoms with van der Waals surface area (Å²) >= 11 is 0. The van der Waals surface area contributed by atoms with Gasteiger partial charge in [-0.25, -0.2) is 4.39 Å². The van der Waals surface area contributed by atoms with Crippen molar-refractivity contribution in [3.63, 3.8) is 0 Å². The molecular weight excluding hydrogens is 227 g/mol. The molecule has 88 valence electrons. The Kier molecular flexibility index (Phi) is 2.86. The van der Waals surface area contributed by atoms with E-state index in [0.717, 1.165) is 0 Å². The minimum Gasteiger partial charge on any atom is -0.494 e. The lowest BCUT2D eigenvalue weighted by Gasteiger charge is -2.02. The molecule has 0 atom stereocenters. The Morgan fingerprint density at radius 2 is 2.24 bits per heavy atom. The van der Waals surface area contributed by atoms with Crippen molar-refractivity contribution in [2.75, 3.05) is 7.11 Å². The number of hydrogen-bond acceptors (Lipinski definition) is 5. The molecule has 0 bridgehead atoms. The topological polar surface area (TPSA) is 65.2 Å². The summed E-state index contributed by atoms with van der Waals surface area (Å²) in [6, 6.07) is 4.15. The first kappa shape index (κ1) is 11.3. The van der Waals surface area contributed by atoms with Crippen LogP contribution in [0.15, 0.2) is 22.7 Å². The number of aromatic nitrogens is 2. The number of Topliss-reactive ketones (excluding diaryl/α,β-unsaturated/α-hetero) is 1. The summed E-state index contributed by atoms with van der Waals surface area (Å²) < 4.78 is 22.7. The van der Waals surface area contributed by atoms with Crippen molar-refractivity contribution in [3.05, 3.63) is 29.9 Å². The van der Waals surface area contributed by atoms with Crippen LogP contribution in [0.25, 0.3) is 11.4 Å². The van der Waals surface area contributed by atoms with Crippen LogP contribution >= 0.6 is 0 Å². The Labute approximate surface area is 96.2 Å². The predicted octanol–water partition coefficient (Wildman–Crippen LogP) is 2.09. The standard InChI is InChI=1S/C11H9FN2O3/c1-6(15)11-13-10(14-17-11)7-3-4-8(12)9(5-7)16-2/h3-5H,1-2H3. The normalized spacial score (nSPS) is 10.3. The van der Waals surface area contributed by atoms with E-state index >= 15 is 0 Å². The molecule has 5 nitrogen and oxygen atoms in total. The van der Waals surface area contributed by atoms with Crippen molar-refractivity contribution in [1.29, 1.82) is 0 Å². The summed E-state index contributed by atoms with van der Waals surface area (Å²) in [5.74, 6) is -0.585. The molecule has 1 heterocycles. The summed E-state index contributed by atoms with van der Waals surface area (Å²) in [5, 5.41) is 3.63. The van der Waals surface area contributed by atoms with E-state index in [2.05, 4.69) is 10.1 Å². The lowest BCUT2D eigenvalue weighted by atomic mass is 10.2. The largest absolute Gasteiger partial charge is 0.494 e. The minimum atomic E-state index is -0.480. The monoisotopic (exact) mass is 236 g/mol. The van der Waals surface area contributed by atoms with Crippen LogP contribution in [0.3, 0.4) is 0 Å². The third-order valence-electron chi connectivity index (χ3n) is 2.14. The summed E-state index contributed by atoms with van der Waals surface area (Å²) in [7, 11) is 1.36. The van der Waals surface area contributed by atoms with Gasteiger partial charge in [0.2, 0.25) is 11.6 Å². The van der Waals surface area contributed by atoms with Gasteiger partial charge >= 0.3 is 0 Å². The second-order valence-electron chi connectivity index (χ2n) is 3.33. The van der Waals surface area contributed by atoms with Crippen LogP contribution in [-0.4, -0.2) is 23.0 Å². The van der Waals surface area contributed by atoms with Gasteiger partial charge in [0.1, 0.15) is 0 Å². The van der Waals surface area contributed by atoms with Crippen molar-refractivity contribution in [1.82, 2.24) is 10.1 Å². The first-order chi connectivity index (χ1) is 8.11. The number of carbonyl (C=O) groups excluding carboxylic acids is 1. The zero-order chi connectivity index (χ0) is 12.4. The van der Waals surface area contributed by atoms with Crippen LogP contribution in [-0.2, 0) is 0 Å². The fourth-order valence-corrected chi connectivity index (χ4v) is 1.28. The second-order valence-corrected chi connectivity index (χ2v) is 3.33. The van der Waals surface area contributed by atoms with Crippen LogP contribution < -0.4 is 4.74 Å². The van der Waals surface area contributed by atoms with Crippen molar-refractivity contribution >= 4 is 5.78 Å². The smallest absolute Gasteiger partial charge is 0.294 e. The van der Waals surface area contributed by atoms with Gasteiger partial charge in [0, 0.05) is 12.5 Å². The molecule has 6 heteroatoms. The molecule has 1 aromatic carbocycles. The van der Waals surface area contributed by atoms with Gasteiger partial charge in [-0.3, -0.25) is 4.79 Å². The van der Waals surface area contributed by atoms with E-state index in [1.807, 2.05) is 0 Å². The molecule has 0 unspecified atom stereocenters. The zero-order valence-electron chi connectivity index (χ0n) is 9.23. The maximum atomic E-state index is 13.2. The molecule has 0 saturated carbocycles. The molecular formula is C11H9FN2O3. The van der Waals surface area contributed by atoms with Crippen molar-refractivity contribution in [3.8, 4) is 17.1 Å². The van der Waals surface area contributed by atoms with Crippen LogP contribution in [0.2, 0.25) is 0 Å². The number of methoxy groups -OCH3 is 1. The third-order valence-corrected chi connectivity index (χ3v) is 2.14. The lowest BCUT2D eigenvalue weighted by Crippen LogP contribution is -1.92. The summed E-state index contributed by atoms with van der Waals surface area (Å²) in [5.41, 5.74) is 0.513. The first-order valence-corrected chi connectivity index (χ1v) is 4.80. The average molecular weight is 236 g/mol. The van der Waals surface area contributed by atoms with Crippen LogP contribution in [0.1, 0.15) is 17.6 Å². The number of ketones is 1. The van der Waals surface area contributed by atoms with Crippen LogP contribution in [0.4, 0.5) is 4.39 Å². The quantitative estimate of drug-likeness (QED) is 0.763. The molecule has 0 spiro atoms. The lowest BCUT2D eigenvalue weighted by molar-refractivity contribution is 0.0972. The molecule has 1 aromatic heterocycles. The van der Waals surface area contributed by atoms with Gasteiger partial charge in [0.15, 0.2) is 11.6 Å². The molecule has 0 amide bonds. The van der Waals surface area contributed by atoms with Crippen molar-refractivity contribution < 1.29 is 18.4 Å². The maximum absolute atomic E-state index is 13.2. The maximum Gasteiger partial charge on any atom is 0.294 e. The third kappa shape index (κ3) is 2.15. The summed E-state index contributed by atoms with van der Waals surface area (Å²) in [4.78, 5) is 14.9. The Bertz CT molecular complexity index is 566. The van der Waals surface area contributed by atoms with E-state index in [-0.39, 0.29) is 23.2 Å². The average Bonchev–Trinajstić information content (AvgIpc) is 2.79. The number of benzene rings is 1. The molecule has 17 heavy (non-hydrogen) atoms. The zero-order valence-corrected chi connectivity index (χ0v) is 9.23. The Balaban J connectivity index is 2.42. The molecule has 0 aliphatic rings. The van der Waals surface area contributed by atoms with Gasteiger partial charge in [0.25, 0.3) is 5.89 Å². The summed E-state index contributed by atoms with van der Waals surface area (Å²) in [6.45, 7) is 1.32. The number of ether oxygens (including phenoxy) is 1. The summed E-state index contributed by atoms with van der Waals surface area (Å²) in [6.07, 6.45) is 0. The number of rotatable bonds is 3. The highest BCUT2D eigenvalue weighted by Gasteiger charge is 2.13. The first-order valence-electron chi connectivity index (χ1n) is 4.80. The van der Waals surface area contributed by atoms with Gasteiger partial charge in [0.05, 0.1) is 7.11 Å². The number of hydrogen-bond donors (Lipinski definition) is 0. The van der Waals surface area contributed by atoms with E-state index in [4.69, 9.17) is 9.26 Å². The molecule has 0 radical (unpaired) electrons. The number of nitrogens with zero attached hydrogens (tertiary/aromatic N) is 2. The molecule has 0 aliphatic heterocycles. The van der Waals surface area contributed by atoms with Gasteiger partial charge in [-0.1, -0.05) is 5.16 Å². The van der Waals surface area contributed by atoms with E-state index in [1.165, 1.54) is 32.2 Å². The molecule has 2 rings (SSSR count). The Morgan fingerprint density at radius 3 is 2.82 bits per heavy atom. The Morgan fingerprint density at radius 1 is 1.47 bits per heavy atom. The second kappa shape index (κ2) is 4.32. The molecule has 2 aromatic rings. The van der Waals surface area contributed by atoms with E-state index in [0.29, 0.717) is 5.56 Å². The van der Waals surface area contributed by atoms with Gasteiger partial charge in [-0.15, -0.1) is 0 Å².